The Morgan fingerprint density at radius 2 is 1.50 bits per heavy atom. The van der Waals surface area contributed by atoms with Crippen LogP contribution in [0.1, 0.15) is 27.6 Å². The van der Waals surface area contributed by atoms with Gasteiger partial charge in [0, 0.05) is 0 Å². The molecule has 0 spiro atoms. The van der Waals surface area contributed by atoms with Crippen molar-refractivity contribution in [3.8, 4) is 0 Å². The van der Waals surface area contributed by atoms with Crippen molar-refractivity contribution in [2.45, 2.75) is 6.92 Å². The van der Waals surface area contributed by atoms with E-state index in [-0.39, 0.29) is 0 Å². The lowest BCUT2D eigenvalue weighted by Crippen LogP contribution is -1.96. The van der Waals surface area contributed by atoms with Crippen molar-refractivity contribution in [2.75, 3.05) is 6.54 Å². The predicted molar refractivity (Wildman–Crippen MR) is 50.9 cm³/mol. The average Bonchev–Trinajstić information content (AvgIpc) is 2.45. The Morgan fingerprint density at radius 1 is 1.14 bits per heavy atom. The minimum Gasteiger partial charge on any atom is -0.386 e. The van der Waals surface area contributed by atoms with Gasteiger partial charge in [-0.25, -0.2) is 9.59 Å². The zero-order chi connectivity index (χ0) is 10.6. The topological polar surface area (TPSA) is 69.4 Å². The number of esters is 2. The molecule has 0 aromatic heterocycles. The van der Waals surface area contributed by atoms with Crippen LogP contribution < -0.4 is 5.73 Å². The van der Waals surface area contributed by atoms with E-state index < -0.39 is 11.9 Å². The van der Waals surface area contributed by atoms with Crippen molar-refractivity contribution in [3.05, 3.63) is 35.4 Å². The highest BCUT2D eigenvalue weighted by molar-refractivity contribution is 6.14. The van der Waals surface area contributed by atoms with Gasteiger partial charge in [0.15, 0.2) is 0 Å². The number of fused-ring (bicyclic) bond motifs is 1. The molecular weight excluding hydrogens is 182 g/mol. The lowest BCUT2D eigenvalue weighted by atomic mass is 10.1. The minimum absolute atomic E-state index is 0.359. The Morgan fingerprint density at radius 3 is 1.86 bits per heavy atom. The molecule has 0 unspecified atom stereocenters. The molecule has 2 rings (SSSR count). The molecule has 0 bridgehead atoms. The minimum atomic E-state index is -0.550. The number of carbonyl (C=O) groups excluding carboxylic acids is 2. The summed E-state index contributed by atoms with van der Waals surface area (Å²) in [7, 11) is 0. The number of benzene rings is 1. The first-order valence-electron chi connectivity index (χ1n) is 4.26. The van der Waals surface area contributed by atoms with Gasteiger partial charge in [-0.1, -0.05) is 19.1 Å². The monoisotopic (exact) mass is 193 g/mol. The fourth-order valence-corrected chi connectivity index (χ4v) is 1.03. The fourth-order valence-electron chi connectivity index (χ4n) is 1.03. The number of ether oxygens (including phenoxy) is 1. The molecule has 0 aliphatic carbocycles. The van der Waals surface area contributed by atoms with Crippen molar-refractivity contribution in [3.63, 3.8) is 0 Å². The lowest BCUT2D eigenvalue weighted by molar-refractivity contribution is 0.0444. The molecule has 4 heteroatoms. The van der Waals surface area contributed by atoms with Gasteiger partial charge in [-0.05, 0) is 18.7 Å². The van der Waals surface area contributed by atoms with Crippen LogP contribution in [0.15, 0.2) is 24.3 Å². The van der Waals surface area contributed by atoms with E-state index in [9.17, 15) is 9.59 Å². The third kappa shape index (κ3) is 1.97. The molecule has 0 atom stereocenters. The summed E-state index contributed by atoms with van der Waals surface area (Å²) in [6.45, 7) is 2.65. The molecule has 0 fully saturated rings. The number of rotatable bonds is 0. The maximum atomic E-state index is 10.8. The molecule has 1 aliphatic rings. The normalized spacial score (nSPS) is 12.7. The van der Waals surface area contributed by atoms with Crippen molar-refractivity contribution in [1.82, 2.24) is 0 Å². The average molecular weight is 193 g/mol. The summed E-state index contributed by atoms with van der Waals surface area (Å²) in [5, 5.41) is 0. The maximum Gasteiger partial charge on any atom is 0.346 e. The highest BCUT2D eigenvalue weighted by Crippen LogP contribution is 2.18. The summed E-state index contributed by atoms with van der Waals surface area (Å²) in [5.74, 6) is -1.10. The zero-order valence-corrected chi connectivity index (χ0v) is 7.82. The van der Waals surface area contributed by atoms with E-state index >= 15 is 0 Å². The second kappa shape index (κ2) is 4.53. The second-order valence-electron chi connectivity index (χ2n) is 2.63. The van der Waals surface area contributed by atoms with Gasteiger partial charge < -0.3 is 10.5 Å². The molecule has 14 heavy (non-hydrogen) atoms. The first-order valence-corrected chi connectivity index (χ1v) is 4.26. The lowest BCUT2D eigenvalue weighted by Gasteiger charge is -1.86. The molecule has 1 aromatic carbocycles. The van der Waals surface area contributed by atoms with Gasteiger partial charge in [0.1, 0.15) is 0 Å². The molecule has 0 saturated heterocycles. The Bertz CT molecular complexity index is 327. The van der Waals surface area contributed by atoms with Crippen LogP contribution in [-0.2, 0) is 4.74 Å². The van der Waals surface area contributed by atoms with Crippen molar-refractivity contribution in [1.29, 1.82) is 0 Å². The van der Waals surface area contributed by atoms with E-state index in [0.717, 1.165) is 6.54 Å². The summed E-state index contributed by atoms with van der Waals surface area (Å²) in [4.78, 5) is 21.7. The largest absolute Gasteiger partial charge is 0.386 e. The molecule has 2 N–H and O–H groups in total. The van der Waals surface area contributed by atoms with E-state index in [1.807, 2.05) is 6.92 Å². The molecule has 1 aliphatic heterocycles. The van der Waals surface area contributed by atoms with Crippen LogP contribution in [0.25, 0.3) is 0 Å². The fraction of sp³-hybridized carbons (Fsp3) is 0.200. The molecule has 1 aromatic rings. The molecule has 0 radical (unpaired) electrons. The molecule has 0 amide bonds. The number of cyclic esters (lactones) is 2. The van der Waals surface area contributed by atoms with Crippen LogP contribution >= 0.6 is 0 Å². The van der Waals surface area contributed by atoms with Gasteiger partial charge in [0.05, 0.1) is 11.1 Å². The van der Waals surface area contributed by atoms with Crippen molar-refractivity contribution >= 4 is 11.9 Å². The molecule has 74 valence electrons. The first kappa shape index (κ1) is 10.4. The van der Waals surface area contributed by atoms with Gasteiger partial charge in [-0.2, -0.15) is 0 Å². The van der Waals surface area contributed by atoms with Crippen LogP contribution in [0.5, 0.6) is 0 Å². The van der Waals surface area contributed by atoms with E-state index in [1.165, 1.54) is 0 Å². The standard InChI is InChI=1S/C8H4O3.C2H7N/c9-7-5-3-1-2-4-6(5)8(10)11-7;1-2-3/h1-4H;2-3H2,1H3. The Kier molecular flexibility index (Phi) is 3.36. The van der Waals surface area contributed by atoms with Gasteiger partial charge >= 0.3 is 11.9 Å². The predicted octanol–water partition coefficient (Wildman–Crippen LogP) is 0.962. The van der Waals surface area contributed by atoms with Crippen LogP contribution in [0.3, 0.4) is 0 Å². The Balaban J connectivity index is 0.000000293. The van der Waals surface area contributed by atoms with Crippen LogP contribution in [0.4, 0.5) is 0 Å². The van der Waals surface area contributed by atoms with E-state index in [0.29, 0.717) is 11.1 Å². The number of nitrogens with two attached hydrogens (primary N) is 1. The molecule has 4 nitrogen and oxygen atoms in total. The van der Waals surface area contributed by atoms with E-state index in [4.69, 9.17) is 5.73 Å². The number of hydrogen-bond donors (Lipinski definition) is 1. The van der Waals surface area contributed by atoms with Crippen LogP contribution in [-0.4, -0.2) is 18.5 Å². The summed E-state index contributed by atoms with van der Waals surface area (Å²) < 4.78 is 4.35. The van der Waals surface area contributed by atoms with Gasteiger partial charge in [0.25, 0.3) is 0 Å². The summed E-state index contributed by atoms with van der Waals surface area (Å²) in [6.07, 6.45) is 0. The van der Waals surface area contributed by atoms with E-state index in [2.05, 4.69) is 4.74 Å². The van der Waals surface area contributed by atoms with Gasteiger partial charge in [0.2, 0.25) is 0 Å². The van der Waals surface area contributed by atoms with Gasteiger partial charge in [-0.15, -0.1) is 0 Å². The zero-order valence-electron chi connectivity index (χ0n) is 7.82. The maximum absolute atomic E-state index is 10.8. The first-order chi connectivity index (χ1) is 6.70. The smallest absolute Gasteiger partial charge is 0.346 e. The van der Waals surface area contributed by atoms with Crippen molar-refractivity contribution in [2.24, 2.45) is 5.73 Å². The third-order valence-electron chi connectivity index (χ3n) is 1.55. The summed E-state index contributed by atoms with van der Waals surface area (Å²) in [5.41, 5.74) is 5.56. The number of carbonyl (C=O) groups is 2. The summed E-state index contributed by atoms with van der Waals surface area (Å²) in [6, 6.07) is 6.53. The van der Waals surface area contributed by atoms with Crippen molar-refractivity contribution < 1.29 is 14.3 Å². The SMILES string of the molecule is CCN.O=C1OC(=O)c2ccccc21. The summed E-state index contributed by atoms with van der Waals surface area (Å²) >= 11 is 0. The van der Waals surface area contributed by atoms with Gasteiger partial charge in [-0.3, -0.25) is 0 Å². The second-order valence-corrected chi connectivity index (χ2v) is 2.63. The third-order valence-corrected chi connectivity index (χ3v) is 1.55. The highest BCUT2D eigenvalue weighted by atomic mass is 16.6. The Labute approximate surface area is 81.7 Å². The molecule has 1 heterocycles. The van der Waals surface area contributed by atoms with Crippen LogP contribution in [0.2, 0.25) is 0 Å². The van der Waals surface area contributed by atoms with Crippen LogP contribution in [0, 0.1) is 0 Å². The Hall–Kier alpha value is -1.68. The molecule has 0 saturated carbocycles. The highest BCUT2D eigenvalue weighted by Gasteiger charge is 2.28. The number of hydrogen-bond acceptors (Lipinski definition) is 4. The van der Waals surface area contributed by atoms with E-state index in [1.54, 1.807) is 24.3 Å². The molecular formula is C10H11NO3. The quantitative estimate of drug-likeness (QED) is 0.492.